The molecule has 0 atom stereocenters. The van der Waals surface area contributed by atoms with Gasteiger partial charge in [0.25, 0.3) is 0 Å². The molecule has 0 unspecified atom stereocenters. The molecule has 2 N–H and O–H groups in total. The number of benzene rings is 1. The van der Waals surface area contributed by atoms with Crippen LogP contribution in [0.2, 0.25) is 0 Å². The van der Waals surface area contributed by atoms with Crippen LogP contribution in [-0.4, -0.2) is 27.2 Å². The molecule has 0 aliphatic carbocycles. The molecular weight excluding hydrogens is 224 g/mol. The van der Waals surface area contributed by atoms with Crippen LogP contribution in [0.15, 0.2) is 18.2 Å². The first kappa shape index (κ1) is 14.8. The van der Waals surface area contributed by atoms with Gasteiger partial charge in [-0.3, -0.25) is 0 Å². The molecule has 18 heavy (non-hydrogen) atoms. The molecule has 1 rings (SSSR count). The number of hydrogen-bond donors (Lipinski definition) is 1. The van der Waals surface area contributed by atoms with E-state index < -0.39 is 0 Å². The van der Waals surface area contributed by atoms with E-state index in [2.05, 4.69) is 50.9 Å². The Balaban J connectivity index is 3.03. The van der Waals surface area contributed by atoms with E-state index in [1.165, 1.54) is 11.3 Å². The van der Waals surface area contributed by atoms with Crippen LogP contribution < -0.4 is 15.4 Å². The summed E-state index contributed by atoms with van der Waals surface area (Å²) in [5, 5.41) is 0. The smallest absolute Gasteiger partial charge is 0.122 e. The number of hydrogen-bond acceptors (Lipinski definition) is 3. The summed E-state index contributed by atoms with van der Waals surface area (Å²) in [7, 11) is 3.83. The van der Waals surface area contributed by atoms with Gasteiger partial charge < -0.3 is 15.4 Å². The highest BCUT2D eigenvalue weighted by Crippen LogP contribution is 2.34. The zero-order chi connectivity index (χ0) is 13.8. The van der Waals surface area contributed by atoms with Gasteiger partial charge in [0, 0.05) is 24.8 Å². The first-order valence-corrected chi connectivity index (χ1v) is 6.50. The van der Waals surface area contributed by atoms with Gasteiger partial charge in [-0.1, -0.05) is 20.8 Å². The van der Waals surface area contributed by atoms with E-state index in [4.69, 9.17) is 10.5 Å². The fourth-order valence-electron chi connectivity index (χ4n) is 1.98. The van der Waals surface area contributed by atoms with Gasteiger partial charge in [-0.05, 0) is 36.6 Å². The van der Waals surface area contributed by atoms with Crippen LogP contribution in [0.4, 0.5) is 5.69 Å². The van der Waals surface area contributed by atoms with E-state index >= 15 is 0 Å². The van der Waals surface area contributed by atoms with Crippen molar-refractivity contribution in [1.82, 2.24) is 0 Å². The summed E-state index contributed by atoms with van der Waals surface area (Å²) in [5.41, 5.74) is 8.09. The van der Waals surface area contributed by atoms with Crippen LogP contribution in [-0.2, 0) is 5.41 Å². The Morgan fingerprint density at radius 2 is 1.94 bits per heavy atom. The monoisotopic (exact) mass is 250 g/mol. The lowest BCUT2D eigenvalue weighted by molar-refractivity contribution is 0.397. The molecule has 0 aromatic heterocycles. The summed E-state index contributed by atoms with van der Waals surface area (Å²) < 4.78 is 5.45. The van der Waals surface area contributed by atoms with Crippen molar-refractivity contribution in [1.29, 1.82) is 0 Å². The van der Waals surface area contributed by atoms with Crippen molar-refractivity contribution in [3.8, 4) is 5.75 Å². The molecule has 102 valence electrons. The van der Waals surface area contributed by atoms with E-state index in [-0.39, 0.29) is 5.41 Å². The third-order valence-electron chi connectivity index (χ3n) is 3.13. The normalized spacial score (nSPS) is 11.4. The largest absolute Gasteiger partial charge is 0.496 e. The Bertz CT molecular complexity index is 383. The average molecular weight is 250 g/mol. The third-order valence-corrected chi connectivity index (χ3v) is 3.13. The lowest BCUT2D eigenvalue weighted by atomic mass is 9.86. The molecule has 0 saturated heterocycles. The molecule has 0 heterocycles. The van der Waals surface area contributed by atoms with E-state index in [9.17, 15) is 0 Å². The number of rotatable bonds is 5. The highest BCUT2D eigenvalue weighted by atomic mass is 16.5. The van der Waals surface area contributed by atoms with Crippen LogP contribution >= 0.6 is 0 Å². The molecule has 0 spiro atoms. The maximum atomic E-state index is 5.55. The quantitative estimate of drug-likeness (QED) is 0.873. The van der Waals surface area contributed by atoms with Gasteiger partial charge >= 0.3 is 0 Å². The molecule has 0 bridgehead atoms. The molecule has 0 fully saturated rings. The number of ether oxygens (including phenoxy) is 1. The third kappa shape index (κ3) is 3.64. The maximum Gasteiger partial charge on any atom is 0.122 e. The van der Waals surface area contributed by atoms with Crippen molar-refractivity contribution < 1.29 is 4.74 Å². The van der Waals surface area contributed by atoms with Gasteiger partial charge in [-0.2, -0.15) is 0 Å². The van der Waals surface area contributed by atoms with E-state index in [1.54, 1.807) is 7.11 Å². The maximum absolute atomic E-state index is 5.55. The number of nitrogens with zero attached hydrogens (tertiary/aromatic N) is 1. The SMILES string of the molecule is COc1ccc(N(C)CCCN)cc1C(C)(C)C. The van der Waals surface area contributed by atoms with Gasteiger partial charge in [-0.25, -0.2) is 0 Å². The van der Waals surface area contributed by atoms with Crippen molar-refractivity contribution in [2.75, 3.05) is 32.1 Å². The number of methoxy groups -OCH3 is 1. The molecule has 1 aromatic rings. The summed E-state index contributed by atoms with van der Waals surface area (Å²) in [6, 6.07) is 6.37. The average Bonchev–Trinajstić information content (AvgIpc) is 2.34. The molecule has 0 saturated carbocycles. The molecule has 0 aliphatic heterocycles. The van der Waals surface area contributed by atoms with Crippen LogP contribution in [0.5, 0.6) is 5.75 Å². The highest BCUT2D eigenvalue weighted by Gasteiger charge is 2.19. The van der Waals surface area contributed by atoms with Crippen molar-refractivity contribution >= 4 is 5.69 Å². The summed E-state index contributed by atoms with van der Waals surface area (Å²) in [5.74, 6) is 0.957. The molecule has 0 amide bonds. The minimum atomic E-state index is 0.0794. The Hall–Kier alpha value is -1.22. The molecule has 0 radical (unpaired) electrons. The topological polar surface area (TPSA) is 38.5 Å². The van der Waals surface area contributed by atoms with Crippen LogP contribution in [0, 0.1) is 0 Å². The molecule has 0 aliphatic rings. The second-order valence-electron chi connectivity index (χ2n) is 5.70. The molecule has 3 heteroatoms. The minimum Gasteiger partial charge on any atom is -0.496 e. The van der Waals surface area contributed by atoms with E-state index in [0.717, 1.165) is 25.3 Å². The summed E-state index contributed by atoms with van der Waals surface area (Å²) >= 11 is 0. The summed E-state index contributed by atoms with van der Waals surface area (Å²) in [6.07, 6.45) is 1.01. The standard InChI is InChI=1S/C15H26N2O/c1-15(2,3)13-11-12(7-8-14(13)18-5)17(4)10-6-9-16/h7-8,11H,6,9-10,16H2,1-5H3. The first-order valence-electron chi connectivity index (χ1n) is 6.50. The lowest BCUT2D eigenvalue weighted by Gasteiger charge is -2.26. The van der Waals surface area contributed by atoms with Gasteiger partial charge in [0.2, 0.25) is 0 Å². The Kier molecular flexibility index (Phi) is 5.03. The summed E-state index contributed by atoms with van der Waals surface area (Å²) in [4.78, 5) is 2.24. The zero-order valence-corrected chi connectivity index (χ0v) is 12.3. The fraction of sp³-hybridized carbons (Fsp3) is 0.600. The van der Waals surface area contributed by atoms with Crippen LogP contribution in [0.3, 0.4) is 0 Å². The molecule has 1 aromatic carbocycles. The van der Waals surface area contributed by atoms with E-state index in [1.807, 2.05) is 0 Å². The van der Waals surface area contributed by atoms with E-state index in [0.29, 0.717) is 0 Å². The Labute approximate surface area is 111 Å². The lowest BCUT2D eigenvalue weighted by Crippen LogP contribution is -2.22. The van der Waals surface area contributed by atoms with Crippen LogP contribution in [0.25, 0.3) is 0 Å². The minimum absolute atomic E-state index is 0.0794. The molecular formula is C15H26N2O. The summed E-state index contributed by atoms with van der Waals surface area (Å²) in [6.45, 7) is 8.32. The number of anilines is 1. The second-order valence-corrected chi connectivity index (χ2v) is 5.70. The van der Waals surface area contributed by atoms with Gasteiger partial charge in [0.15, 0.2) is 0 Å². The Morgan fingerprint density at radius 1 is 1.28 bits per heavy atom. The van der Waals surface area contributed by atoms with Gasteiger partial charge in [-0.15, -0.1) is 0 Å². The molecule has 3 nitrogen and oxygen atoms in total. The van der Waals surface area contributed by atoms with Crippen LogP contribution in [0.1, 0.15) is 32.8 Å². The number of nitrogens with two attached hydrogens (primary N) is 1. The zero-order valence-electron chi connectivity index (χ0n) is 12.3. The Morgan fingerprint density at radius 3 is 2.44 bits per heavy atom. The fourth-order valence-corrected chi connectivity index (χ4v) is 1.98. The van der Waals surface area contributed by atoms with Gasteiger partial charge in [0.05, 0.1) is 7.11 Å². The van der Waals surface area contributed by atoms with Crippen molar-refractivity contribution in [3.05, 3.63) is 23.8 Å². The first-order chi connectivity index (χ1) is 8.40. The second kappa shape index (κ2) is 6.10. The van der Waals surface area contributed by atoms with Gasteiger partial charge in [0.1, 0.15) is 5.75 Å². The van der Waals surface area contributed by atoms with Crippen molar-refractivity contribution in [2.45, 2.75) is 32.6 Å². The predicted octanol–water partition coefficient (Wildman–Crippen LogP) is 2.78. The van der Waals surface area contributed by atoms with Crippen molar-refractivity contribution in [3.63, 3.8) is 0 Å². The highest BCUT2D eigenvalue weighted by molar-refractivity contribution is 5.54. The predicted molar refractivity (Wildman–Crippen MR) is 78.6 cm³/mol. The van der Waals surface area contributed by atoms with Crippen molar-refractivity contribution in [2.24, 2.45) is 5.73 Å².